The van der Waals surface area contributed by atoms with E-state index in [1.54, 1.807) is 11.3 Å². The van der Waals surface area contributed by atoms with Crippen molar-refractivity contribution in [1.29, 1.82) is 0 Å². The SMILES string of the molecule is CN(C)c1ncc(-c2ccccc2)s1. The third-order valence-corrected chi connectivity index (χ3v) is 3.15. The second-order valence-corrected chi connectivity index (χ2v) is 4.28. The topological polar surface area (TPSA) is 16.1 Å². The van der Waals surface area contributed by atoms with Gasteiger partial charge in [-0.25, -0.2) is 4.98 Å². The summed E-state index contributed by atoms with van der Waals surface area (Å²) in [5, 5.41) is 1.05. The van der Waals surface area contributed by atoms with Crippen LogP contribution < -0.4 is 4.90 Å². The zero-order chi connectivity index (χ0) is 9.97. The summed E-state index contributed by atoms with van der Waals surface area (Å²) in [6.45, 7) is 0. The lowest BCUT2D eigenvalue weighted by atomic mass is 10.2. The van der Waals surface area contributed by atoms with E-state index in [1.807, 2.05) is 43.4 Å². The molecule has 3 heteroatoms. The average molecular weight is 204 g/mol. The Labute approximate surface area is 87.8 Å². The predicted octanol–water partition coefficient (Wildman–Crippen LogP) is 2.88. The third-order valence-electron chi connectivity index (χ3n) is 1.93. The van der Waals surface area contributed by atoms with E-state index in [0.717, 1.165) is 5.13 Å². The fourth-order valence-corrected chi connectivity index (χ4v) is 2.05. The lowest BCUT2D eigenvalue weighted by molar-refractivity contribution is 1.11. The van der Waals surface area contributed by atoms with Crippen molar-refractivity contribution in [2.75, 3.05) is 19.0 Å². The number of thiazole rings is 1. The van der Waals surface area contributed by atoms with Crippen molar-refractivity contribution in [3.05, 3.63) is 36.5 Å². The quantitative estimate of drug-likeness (QED) is 0.747. The molecule has 14 heavy (non-hydrogen) atoms. The van der Waals surface area contributed by atoms with Crippen molar-refractivity contribution in [2.24, 2.45) is 0 Å². The van der Waals surface area contributed by atoms with Crippen molar-refractivity contribution in [1.82, 2.24) is 4.98 Å². The Morgan fingerprint density at radius 2 is 1.86 bits per heavy atom. The molecular weight excluding hydrogens is 192 g/mol. The number of hydrogen-bond acceptors (Lipinski definition) is 3. The maximum Gasteiger partial charge on any atom is 0.185 e. The van der Waals surface area contributed by atoms with Gasteiger partial charge in [-0.3, -0.25) is 0 Å². The molecule has 0 aliphatic rings. The van der Waals surface area contributed by atoms with Crippen molar-refractivity contribution < 1.29 is 0 Å². The highest BCUT2D eigenvalue weighted by Gasteiger charge is 2.04. The molecular formula is C11H12N2S. The number of nitrogens with zero attached hydrogens (tertiary/aromatic N) is 2. The van der Waals surface area contributed by atoms with Crippen molar-refractivity contribution >= 4 is 16.5 Å². The molecule has 0 unspecified atom stereocenters. The fourth-order valence-electron chi connectivity index (χ4n) is 1.21. The zero-order valence-electron chi connectivity index (χ0n) is 8.27. The Kier molecular flexibility index (Phi) is 2.50. The molecule has 2 aromatic rings. The van der Waals surface area contributed by atoms with Crippen molar-refractivity contribution in [2.45, 2.75) is 0 Å². The largest absolute Gasteiger partial charge is 0.354 e. The molecule has 1 heterocycles. The van der Waals surface area contributed by atoms with E-state index < -0.39 is 0 Å². The van der Waals surface area contributed by atoms with Gasteiger partial charge in [0, 0.05) is 20.3 Å². The lowest BCUT2D eigenvalue weighted by Crippen LogP contribution is -2.07. The van der Waals surface area contributed by atoms with Gasteiger partial charge < -0.3 is 4.90 Å². The van der Waals surface area contributed by atoms with Gasteiger partial charge >= 0.3 is 0 Å². The Morgan fingerprint density at radius 1 is 1.14 bits per heavy atom. The summed E-state index contributed by atoms with van der Waals surface area (Å²) in [5.41, 5.74) is 1.23. The second kappa shape index (κ2) is 3.80. The van der Waals surface area contributed by atoms with Crippen LogP contribution in [-0.4, -0.2) is 19.1 Å². The normalized spacial score (nSPS) is 10.1. The summed E-state index contributed by atoms with van der Waals surface area (Å²) in [6, 6.07) is 10.3. The van der Waals surface area contributed by atoms with Gasteiger partial charge in [-0.1, -0.05) is 41.7 Å². The minimum Gasteiger partial charge on any atom is -0.354 e. The van der Waals surface area contributed by atoms with Crippen LogP contribution in [0.25, 0.3) is 10.4 Å². The van der Waals surface area contributed by atoms with Gasteiger partial charge in [-0.2, -0.15) is 0 Å². The monoisotopic (exact) mass is 204 g/mol. The Hall–Kier alpha value is -1.35. The molecule has 0 aliphatic carbocycles. The molecule has 0 bridgehead atoms. The van der Waals surface area contributed by atoms with E-state index in [1.165, 1.54) is 10.4 Å². The van der Waals surface area contributed by atoms with Gasteiger partial charge in [0.1, 0.15) is 0 Å². The molecule has 72 valence electrons. The minimum atomic E-state index is 1.05. The summed E-state index contributed by atoms with van der Waals surface area (Å²) in [5.74, 6) is 0. The molecule has 0 fully saturated rings. The highest BCUT2D eigenvalue weighted by molar-refractivity contribution is 7.18. The first-order valence-electron chi connectivity index (χ1n) is 4.46. The summed E-state index contributed by atoms with van der Waals surface area (Å²) < 4.78 is 0. The van der Waals surface area contributed by atoms with Gasteiger partial charge in [0.25, 0.3) is 0 Å². The number of aromatic nitrogens is 1. The summed E-state index contributed by atoms with van der Waals surface area (Å²) in [6.07, 6.45) is 1.93. The first kappa shape index (κ1) is 9.21. The van der Waals surface area contributed by atoms with E-state index in [9.17, 15) is 0 Å². The van der Waals surface area contributed by atoms with E-state index in [4.69, 9.17) is 0 Å². The van der Waals surface area contributed by atoms with Crippen LogP contribution in [0, 0.1) is 0 Å². The van der Waals surface area contributed by atoms with Crippen LogP contribution in [0.15, 0.2) is 36.5 Å². The van der Waals surface area contributed by atoms with Gasteiger partial charge in [-0.15, -0.1) is 0 Å². The molecule has 0 radical (unpaired) electrons. The molecule has 2 rings (SSSR count). The molecule has 0 aliphatic heterocycles. The van der Waals surface area contributed by atoms with Crippen LogP contribution in [0.4, 0.5) is 5.13 Å². The van der Waals surface area contributed by atoms with Crippen LogP contribution in [0.2, 0.25) is 0 Å². The van der Waals surface area contributed by atoms with Crippen molar-refractivity contribution in [3.63, 3.8) is 0 Å². The van der Waals surface area contributed by atoms with Crippen molar-refractivity contribution in [3.8, 4) is 10.4 Å². The van der Waals surface area contributed by atoms with Gasteiger partial charge in [0.2, 0.25) is 0 Å². The second-order valence-electron chi connectivity index (χ2n) is 3.27. The first-order valence-corrected chi connectivity index (χ1v) is 5.27. The van der Waals surface area contributed by atoms with Crippen LogP contribution in [0.1, 0.15) is 0 Å². The van der Waals surface area contributed by atoms with E-state index in [0.29, 0.717) is 0 Å². The summed E-state index contributed by atoms with van der Waals surface area (Å²) >= 11 is 1.71. The zero-order valence-corrected chi connectivity index (χ0v) is 9.08. The first-order chi connectivity index (χ1) is 6.77. The van der Waals surface area contributed by atoms with E-state index in [-0.39, 0.29) is 0 Å². The molecule has 0 saturated heterocycles. The smallest absolute Gasteiger partial charge is 0.185 e. The van der Waals surface area contributed by atoms with Gasteiger partial charge in [0.05, 0.1) is 4.88 Å². The predicted molar refractivity (Wildman–Crippen MR) is 61.9 cm³/mol. The maximum atomic E-state index is 4.34. The standard InChI is InChI=1S/C11H12N2S/c1-13(2)11-12-8-10(14-11)9-6-4-3-5-7-9/h3-8H,1-2H3. The van der Waals surface area contributed by atoms with E-state index in [2.05, 4.69) is 17.1 Å². The average Bonchev–Trinajstić information content (AvgIpc) is 2.68. The van der Waals surface area contributed by atoms with Crippen LogP contribution in [0.5, 0.6) is 0 Å². The van der Waals surface area contributed by atoms with E-state index >= 15 is 0 Å². The molecule has 1 aromatic heterocycles. The minimum absolute atomic E-state index is 1.05. The highest BCUT2D eigenvalue weighted by Crippen LogP contribution is 2.29. The number of rotatable bonds is 2. The Morgan fingerprint density at radius 3 is 2.43 bits per heavy atom. The maximum absolute atomic E-state index is 4.34. The highest BCUT2D eigenvalue weighted by atomic mass is 32.1. The van der Waals surface area contributed by atoms with Gasteiger partial charge in [0.15, 0.2) is 5.13 Å². The summed E-state index contributed by atoms with van der Waals surface area (Å²) in [4.78, 5) is 7.58. The number of hydrogen-bond donors (Lipinski definition) is 0. The molecule has 0 saturated carbocycles. The third kappa shape index (κ3) is 1.77. The molecule has 0 amide bonds. The molecule has 1 aromatic carbocycles. The lowest BCUT2D eigenvalue weighted by Gasteiger charge is -2.05. The molecule has 2 nitrogen and oxygen atoms in total. The number of benzene rings is 1. The fraction of sp³-hybridized carbons (Fsp3) is 0.182. The number of anilines is 1. The molecule has 0 spiro atoms. The van der Waals surface area contributed by atoms with Crippen LogP contribution >= 0.6 is 11.3 Å². The Balaban J connectivity index is 2.34. The van der Waals surface area contributed by atoms with Gasteiger partial charge in [-0.05, 0) is 5.56 Å². The van der Waals surface area contributed by atoms with Crippen LogP contribution in [0.3, 0.4) is 0 Å². The van der Waals surface area contributed by atoms with Crippen LogP contribution in [-0.2, 0) is 0 Å². The molecule has 0 N–H and O–H groups in total. The summed E-state index contributed by atoms with van der Waals surface area (Å²) in [7, 11) is 4.02. The Bertz CT molecular complexity index is 406. The molecule has 0 atom stereocenters.